The van der Waals surface area contributed by atoms with Crippen LogP contribution in [-0.4, -0.2) is 60.6 Å². The number of amides is 1. The van der Waals surface area contributed by atoms with Crippen LogP contribution in [0.4, 0.5) is 5.69 Å². The molecule has 0 radical (unpaired) electrons. The Hall–Kier alpha value is -2.08. The topological polar surface area (TPSA) is 72.9 Å². The van der Waals surface area contributed by atoms with Gasteiger partial charge in [0.15, 0.2) is 0 Å². The number of rotatable bonds is 5. The van der Waals surface area contributed by atoms with Crippen LogP contribution in [0, 0.1) is 0 Å². The molecule has 6 nitrogen and oxygen atoms in total. The van der Waals surface area contributed by atoms with E-state index in [1.165, 1.54) is 0 Å². The number of carboxylic acids is 1. The third-order valence-corrected chi connectivity index (χ3v) is 3.94. The van der Waals surface area contributed by atoms with E-state index in [-0.39, 0.29) is 12.5 Å². The largest absolute Gasteiger partial charge is 0.480 e. The van der Waals surface area contributed by atoms with E-state index >= 15 is 0 Å². The summed E-state index contributed by atoms with van der Waals surface area (Å²) in [6.07, 6.45) is 0. The lowest BCUT2D eigenvalue weighted by Crippen LogP contribution is -2.48. The van der Waals surface area contributed by atoms with Crippen LogP contribution in [0.1, 0.15) is 24.2 Å². The molecule has 120 valence electrons. The number of aliphatic carboxylic acids is 1. The average molecular weight is 305 g/mol. The van der Waals surface area contributed by atoms with Gasteiger partial charge in [-0.25, -0.2) is 0 Å². The fraction of sp³-hybridized carbons (Fsp3) is 0.500. The second-order valence-corrected chi connectivity index (χ2v) is 5.74. The van der Waals surface area contributed by atoms with Crippen molar-refractivity contribution >= 4 is 17.6 Å². The molecular formula is C16H23N3O3. The first-order valence-corrected chi connectivity index (χ1v) is 7.56. The molecule has 0 bridgehead atoms. The van der Waals surface area contributed by atoms with Crippen molar-refractivity contribution in [1.29, 1.82) is 0 Å². The first-order chi connectivity index (χ1) is 10.5. The van der Waals surface area contributed by atoms with E-state index in [9.17, 15) is 9.59 Å². The van der Waals surface area contributed by atoms with E-state index < -0.39 is 5.97 Å². The summed E-state index contributed by atoms with van der Waals surface area (Å²) in [5.74, 6) is -1.41. The molecule has 0 saturated carbocycles. The quantitative estimate of drug-likeness (QED) is 0.850. The Kier molecular flexibility index (Phi) is 5.38. The molecule has 0 atom stereocenters. The van der Waals surface area contributed by atoms with Gasteiger partial charge in [-0.2, -0.15) is 0 Å². The van der Waals surface area contributed by atoms with Crippen molar-refractivity contribution in [1.82, 2.24) is 10.2 Å². The molecule has 0 aromatic heterocycles. The van der Waals surface area contributed by atoms with E-state index in [2.05, 4.69) is 29.0 Å². The van der Waals surface area contributed by atoms with Gasteiger partial charge in [0.25, 0.3) is 5.91 Å². The average Bonchev–Trinajstić information content (AvgIpc) is 2.53. The number of hydrogen-bond donors (Lipinski definition) is 2. The Labute approximate surface area is 130 Å². The highest BCUT2D eigenvalue weighted by molar-refractivity contribution is 5.96. The van der Waals surface area contributed by atoms with Gasteiger partial charge in [0.2, 0.25) is 0 Å². The summed E-state index contributed by atoms with van der Waals surface area (Å²) in [7, 11) is 0. The van der Waals surface area contributed by atoms with Gasteiger partial charge in [-0.15, -0.1) is 0 Å². The number of piperazine rings is 1. The lowest BCUT2D eigenvalue weighted by atomic mass is 10.1. The minimum absolute atomic E-state index is 0.362. The SMILES string of the molecule is CC(C)N1CCN(c2ccc(C(=O)NCC(=O)O)cc2)CC1. The van der Waals surface area contributed by atoms with Crippen molar-refractivity contribution in [2.24, 2.45) is 0 Å². The first kappa shape index (κ1) is 16.3. The standard InChI is InChI=1S/C16H23N3O3/c1-12(2)18-7-9-19(10-8-18)14-5-3-13(4-6-14)16(22)17-11-15(20)21/h3-6,12H,7-11H2,1-2H3,(H,17,22)(H,20,21). The van der Waals surface area contributed by atoms with Crippen LogP contribution in [0.3, 0.4) is 0 Å². The molecule has 1 aromatic rings. The van der Waals surface area contributed by atoms with Gasteiger partial charge in [-0.05, 0) is 38.1 Å². The van der Waals surface area contributed by atoms with Crippen LogP contribution in [-0.2, 0) is 4.79 Å². The summed E-state index contributed by atoms with van der Waals surface area (Å²) in [4.78, 5) is 27.0. The lowest BCUT2D eigenvalue weighted by molar-refractivity contribution is -0.135. The first-order valence-electron chi connectivity index (χ1n) is 7.56. The van der Waals surface area contributed by atoms with Crippen molar-refractivity contribution in [3.8, 4) is 0 Å². The Morgan fingerprint density at radius 3 is 2.23 bits per heavy atom. The fourth-order valence-corrected chi connectivity index (χ4v) is 2.58. The van der Waals surface area contributed by atoms with Crippen molar-refractivity contribution in [3.05, 3.63) is 29.8 Å². The molecule has 22 heavy (non-hydrogen) atoms. The van der Waals surface area contributed by atoms with Crippen LogP contribution in [0.25, 0.3) is 0 Å². The van der Waals surface area contributed by atoms with Gasteiger partial charge in [-0.3, -0.25) is 14.5 Å². The third-order valence-electron chi connectivity index (χ3n) is 3.94. The number of nitrogens with zero attached hydrogens (tertiary/aromatic N) is 2. The van der Waals surface area contributed by atoms with Crippen LogP contribution in [0.5, 0.6) is 0 Å². The van der Waals surface area contributed by atoms with Gasteiger partial charge in [-0.1, -0.05) is 0 Å². The van der Waals surface area contributed by atoms with Gasteiger partial charge in [0.05, 0.1) is 0 Å². The Morgan fingerprint density at radius 1 is 1.14 bits per heavy atom. The Bertz CT molecular complexity index is 520. The van der Waals surface area contributed by atoms with Crippen LogP contribution in [0.2, 0.25) is 0 Å². The summed E-state index contributed by atoms with van der Waals surface area (Å²) in [5, 5.41) is 10.9. The molecule has 1 aromatic carbocycles. The smallest absolute Gasteiger partial charge is 0.322 e. The Morgan fingerprint density at radius 2 is 1.73 bits per heavy atom. The molecule has 2 N–H and O–H groups in total. The zero-order valence-electron chi connectivity index (χ0n) is 13.1. The monoisotopic (exact) mass is 305 g/mol. The maximum Gasteiger partial charge on any atom is 0.322 e. The zero-order valence-corrected chi connectivity index (χ0v) is 13.1. The fourth-order valence-electron chi connectivity index (χ4n) is 2.58. The summed E-state index contributed by atoms with van der Waals surface area (Å²) in [6, 6.07) is 7.88. The minimum atomic E-state index is -1.05. The molecule has 0 spiro atoms. The maximum atomic E-state index is 11.8. The van der Waals surface area contributed by atoms with Gasteiger partial charge < -0.3 is 15.3 Å². The number of nitrogens with one attached hydrogen (secondary N) is 1. The second-order valence-electron chi connectivity index (χ2n) is 5.74. The highest BCUT2D eigenvalue weighted by atomic mass is 16.4. The Balaban J connectivity index is 1.92. The van der Waals surface area contributed by atoms with Crippen molar-refractivity contribution in [3.63, 3.8) is 0 Å². The van der Waals surface area contributed by atoms with Crippen molar-refractivity contribution in [2.45, 2.75) is 19.9 Å². The number of anilines is 1. The molecule has 0 aliphatic carbocycles. The van der Waals surface area contributed by atoms with E-state index in [1.54, 1.807) is 12.1 Å². The summed E-state index contributed by atoms with van der Waals surface area (Å²) in [6.45, 7) is 8.08. The number of carbonyl (C=O) groups is 2. The number of carboxylic acid groups (broad SMARTS) is 1. The predicted octanol–water partition coefficient (Wildman–Crippen LogP) is 1.03. The summed E-state index contributed by atoms with van der Waals surface area (Å²) >= 11 is 0. The normalized spacial score (nSPS) is 15.9. The molecule has 1 amide bonds. The molecule has 1 aliphatic rings. The minimum Gasteiger partial charge on any atom is -0.480 e. The second kappa shape index (κ2) is 7.26. The molecule has 1 heterocycles. The third kappa shape index (κ3) is 4.21. The molecule has 2 rings (SSSR count). The van der Waals surface area contributed by atoms with Crippen molar-refractivity contribution in [2.75, 3.05) is 37.6 Å². The molecule has 0 unspecified atom stereocenters. The van der Waals surface area contributed by atoms with Gasteiger partial charge >= 0.3 is 5.97 Å². The van der Waals surface area contributed by atoms with Crippen LogP contribution in [0.15, 0.2) is 24.3 Å². The molecular weight excluding hydrogens is 282 g/mol. The highest BCUT2D eigenvalue weighted by Crippen LogP contribution is 2.18. The van der Waals surface area contributed by atoms with Gasteiger partial charge in [0, 0.05) is 43.5 Å². The molecule has 1 fully saturated rings. The summed E-state index contributed by atoms with van der Waals surface area (Å²) in [5.41, 5.74) is 1.57. The number of benzene rings is 1. The molecule has 6 heteroatoms. The van der Waals surface area contributed by atoms with E-state index in [0.717, 1.165) is 31.9 Å². The summed E-state index contributed by atoms with van der Waals surface area (Å²) < 4.78 is 0. The molecule has 1 saturated heterocycles. The van der Waals surface area contributed by atoms with E-state index in [4.69, 9.17) is 5.11 Å². The zero-order chi connectivity index (χ0) is 16.1. The maximum absolute atomic E-state index is 11.8. The number of carbonyl (C=O) groups excluding carboxylic acids is 1. The van der Waals surface area contributed by atoms with Crippen LogP contribution < -0.4 is 10.2 Å². The number of hydrogen-bond acceptors (Lipinski definition) is 4. The lowest BCUT2D eigenvalue weighted by Gasteiger charge is -2.38. The molecule has 1 aliphatic heterocycles. The van der Waals surface area contributed by atoms with Crippen LogP contribution >= 0.6 is 0 Å². The van der Waals surface area contributed by atoms with E-state index in [1.807, 2.05) is 12.1 Å². The van der Waals surface area contributed by atoms with Gasteiger partial charge in [0.1, 0.15) is 6.54 Å². The highest BCUT2D eigenvalue weighted by Gasteiger charge is 2.19. The van der Waals surface area contributed by atoms with E-state index in [0.29, 0.717) is 11.6 Å². The van der Waals surface area contributed by atoms with Crippen molar-refractivity contribution < 1.29 is 14.7 Å². The predicted molar refractivity (Wildman–Crippen MR) is 85.3 cm³/mol.